The number of rotatable bonds is 3. The first-order valence-corrected chi connectivity index (χ1v) is 7.01. The summed E-state index contributed by atoms with van der Waals surface area (Å²) in [7, 11) is 0. The van der Waals surface area contributed by atoms with E-state index in [0.29, 0.717) is 17.9 Å². The number of hydrogen-bond donors (Lipinski definition) is 2. The number of anilines is 1. The highest BCUT2D eigenvalue weighted by Crippen LogP contribution is 2.32. The minimum atomic E-state index is -0.585. The van der Waals surface area contributed by atoms with Gasteiger partial charge in [-0.25, -0.2) is 0 Å². The summed E-state index contributed by atoms with van der Waals surface area (Å²) in [6, 6.07) is 13.0. The van der Waals surface area contributed by atoms with E-state index in [1.54, 1.807) is 6.92 Å². The van der Waals surface area contributed by atoms with Crippen molar-refractivity contribution in [2.75, 3.05) is 5.32 Å². The van der Waals surface area contributed by atoms with Crippen LogP contribution in [0, 0.1) is 0 Å². The second-order valence-corrected chi connectivity index (χ2v) is 5.18. The normalized spacial score (nSPS) is 15.0. The summed E-state index contributed by atoms with van der Waals surface area (Å²) in [4.78, 5) is 11.4. The number of carbonyl (C=O) groups excluding carboxylic acids is 1. The average molecular weight is 283 g/mol. The molecule has 0 aromatic heterocycles. The molecule has 2 aromatic rings. The van der Waals surface area contributed by atoms with Crippen molar-refractivity contribution in [2.24, 2.45) is 0 Å². The van der Waals surface area contributed by atoms with Crippen LogP contribution < -0.4 is 10.1 Å². The van der Waals surface area contributed by atoms with Gasteiger partial charge in [-0.3, -0.25) is 4.79 Å². The summed E-state index contributed by atoms with van der Waals surface area (Å²) in [5.74, 6) is 1.40. The van der Waals surface area contributed by atoms with Gasteiger partial charge in [0.1, 0.15) is 11.5 Å². The highest BCUT2D eigenvalue weighted by Gasteiger charge is 2.16. The predicted molar refractivity (Wildman–Crippen MR) is 80.5 cm³/mol. The fourth-order valence-corrected chi connectivity index (χ4v) is 2.47. The van der Waals surface area contributed by atoms with Crippen LogP contribution in [0.2, 0.25) is 0 Å². The van der Waals surface area contributed by atoms with E-state index in [9.17, 15) is 9.90 Å². The number of benzene rings is 2. The van der Waals surface area contributed by atoms with Crippen LogP contribution in [0.25, 0.3) is 0 Å². The fourth-order valence-electron chi connectivity index (χ4n) is 2.47. The van der Waals surface area contributed by atoms with E-state index in [4.69, 9.17) is 4.74 Å². The zero-order valence-corrected chi connectivity index (χ0v) is 11.8. The van der Waals surface area contributed by atoms with Gasteiger partial charge in [0.25, 0.3) is 0 Å². The van der Waals surface area contributed by atoms with E-state index in [1.807, 2.05) is 42.5 Å². The highest BCUT2D eigenvalue weighted by atomic mass is 16.5. The van der Waals surface area contributed by atoms with Crippen LogP contribution >= 0.6 is 0 Å². The van der Waals surface area contributed by atoms with Crippen molar-refractivity contribution in [1.29, 1.82) is 0 Å². The van der Waals surface area contributed by atoms with Gasteiger partial charge in [0.05, 0.1) is 6.10 Å². The van der Waals surface area contributed by atoms with E-state index < -0.39 is 6.10 Å². The lowest BCUT2D eigenvalue weighted by Gasteiger charge is -2.18. The zero-order chi connectivity index (χ0) is 14.8. The molecule has 2 aromatic carbocycles. The van der Waals surface area contributed by atoms with Crippen LogP contribution in [0.3, 0.4) is 0 Å². The Morgan fingerprint density at radius 3 is 2.81 bits per heavy atom. The van der Waals surface area contributed by atoms with Gasteiger partial charge in [0, 0.05) is 17.7 Å². The highest BCUT2D eigenvalue weighted by molar-refractivity contribution is 5.94. The summed E-state index contributed by atoms with van der Waals surface area (Å²) in [5.41, 5.74) is 2.67. The van der Waals surface area contributed by atoms with Crippen molar-refractivity contribution in [3.63, 3.8) is 0 Å². The molecule has 1 amide bonds. The van der Waals surface area contributed by atoms with Crippen LogP contribution in [0.1, 0.15) is 30.6 Å². The molecule has 108 valence electrons. The SMILES string of the molecule is CC(O)c1ccccc1Oc1ccc2c(c1)CCC(=O)N2. The second kappa shape index (κ2) is 5.58. The summed E-state index contributed by atoms with van der Waals surface area (Å²) >= 11 is 0. The fraction of sp³-hybridized carbons (Fsp3) is 0.235. The molecule has 1 heterocycles. The number of carbonyl (C=O) groups is 1. The third-order valence-electron chi connectivity index (χ3n) is 3.57. The standard InChI is InChI=1S/C17H17NO3/c1-11(19)14-4-2-3-5-16(14)21-13-7-8-15-12(10-13)6-9-17(20)18-15/h2-5,7-8,10-11,19H,6,9H2,1H3,(H,18,20). The number of aliphatic hydroxyl groups is 1. The average Bonchev–Trinajstić information content (AvgIpc) is 2.48. The molecule has 0 saturated heterocycles. The van der Waals surface area contributed by atoms with Crippen LogP contribution in [-0.2, 0) is 11.2 Å². The molecule has 1 atom stereocenters. The number of ether oxygens (including phenoxy) is 1. The Labute approximate surface area is 123 Å². The lowest BCUT2D eigenvalue weighted by molar-refractivity contribution is -0.116. The van der Waals surface area contributed by atoms with Gasteiger partial charge in [-0.05, 0) is 43.2 Å². The largest absolute Gasteiger partial charge is 0.457 e. The van der Waals surface area contributed by atoms with Gasteiger partial charge < -0.3 is 15.2 Å². The second-order valence-electron chi connectivity index (χ2n) is 5.18. The van der Waals surface area contributed by atoms with E-state index >= 15 is 0 Å². The molecule has 0 saturated carbocycles. The monoisotopic (exact) mass is 283 g/mol. The first-order valence-electron chi connectivity index (χ1n) is 7.01. The Kier molecular flexibility index (Phi) is 3.62. The summed E-state index contributed by atoms with van der Waals surface area (Å²) in [6.07, 6.45) is 0.634. The lowest BCUT2D eigenvalue weighted by atomic mass is 10.0. The zero-order valence-electron chi connectivity index (χ0n) is 11.8. The Morgan fingerprint density at radius 1 is 1.19 bits per heavy atom. The van der Waals surface area contributed by atoms with E-state index in [-0.39, 0.29) is 5.91 Å². The number of aryl methyl sites for hydroxylation is 1. The van der Waals surface area contributed by atoms with Gasteiger partial charge in [-0.15, -0.1) is 0 Å². The molecule has 3 rings (SSSR count). The summed E-state index contributed by atoms with van der Waals surface area (Å²) in [6.45, 7) is 1.71. The molecular formula is C17H17NO3. The van der Waals surface area contributed by atoms with Gasteiger partial charge in [0.15, 0.2) is 0 Å². The number of nitrogens with one attached hydrogen (secondary N) is 1. The molecule has 1 unspecified atom stereocenters. The molecule has 0 bridgehead atoms. The van der Waals surface area contributed by atoms with Crippen LogP contribution in [0.15, 0.2) is 42.5 Å². The van der Waals surface area contributed by atoms with Crippen molar-refractivity contribution in [3.8, 4) is 11.5 Å². The minimum absolute atomic E-state index is 0.0515. The van der Waals surface area contributed by atoms with Crippen molar-refractivity contribution in [3.05, 3.63) is 53.6 Å². The Hall–Kier alpha value is -2.33. The first-order chi connectivity index (χ1) is 10.1. The van der Waals surface area contributed by atoms with Gasteiger partial charge in [0.2, 0.25) is 5.91 Å². The maximum Gasteiger partial charge on any atom is 0.224 e. The van der Waals surface area contributed by atoms with E-state index in [0.717, 1.165) is 23.2 Å². The minimum Gasteiger partial charge on any atom is -0.457 e. The number of hydrogen-bond acceptors (Lipinski definition) is 3. The Morgan fingerprint density at radius 2 is 2.00 bits per heavy atom. The first kappa shape index (κ1) is 13.6. The molecule has 0 spiro atoms. The van der Waals surface area contributed by atoms with Crippen molar-refractivity contribution in [2.45, 2.75) is 25.9 Å². The molecule has 2 N–H and O–H groups in total. The number of fused-ring (bicyclic) bond motifs is 1. The van der Waals surface area contributed by atoms with Crippen LogP contribution in [0.5, 0.6) is 11.5 Å². The van der Waals surface area contributed by atoms with Crippen molar-refractivity contribution < 1.29 is 14.6 Å². The number of para-hydroxylation sites is 1. The van der Waals surface area contributed by atoms with Gasteiger partial charge in [-0.1, -0.05) is 18.2 Å². The molecule has 0 aliphatic carbocycles. The summed E-state index contributed by atoms with van der Waals surface area (Å²) < 4.78 is 5.89. The number of aliphatic hydroxyl groups excluding tert-OH is 1. The van der Waals surface area contributed by atoms with E-state index in [2.05, 4.69) is 5.32 Å². The molecule has 1 aliphatic heterocycles. The van der Waals surface area contributed by atoms with Gasteiger partial charge >= 0.3 is 0 Å². The van der Waals surface area contributed by atoms with Crippen molar-refractivity contribution >= 4 is 11.6 Å². The van der Waals surface area contributed by atoms with Crippen molar-refractivity contribution in [1.82, 2.24) is 0 Å². The summed E-state index contributed by atoms with van der Waals surface area (Å²) in [5, 5.41) is 12.6. The van der Waals surface area contributed by atoms with Gasteiger partial charge in [-0.2, -0.15) is 0 Å². The third-order valence-corrected chi connectivity index (χ3v) is 3.57. The molecule has 4 nitrogen and oxygen atoms in total. The molecule has 0 radical (unpaired) electrons. The number of amides is 1. The molecular weight excluding hydrogens is 266 g/mol. The maximum atomic E-state index is 11.4. The lowest BCUT2D eigenvalue weighted by Crippen LogP contribution is -2.18. The van der Waals surface area contributed by atoms with Crippen LogP contribution in [-0.4, -0.2) is 11.0 Å². The quantitative estimate of drug-likeness (QED) is 0.907. The Balaban J connectivity index is 1.88. The molecule has 1 aliphatic rings. The Bertz CT molecular complexity index is 679. The smallest absolute Gasteiger partial charge is 0.224 e. The van der Waals surface area contributed by atoms with E-state index in [1.165, 1.54) is 0 Å². The molecule has 21 heavy (non-hydrogen) atoms. The maximum absolute atomic E-state index is 11.4. The molecule has 4 heteroatoms. The topological polar surface area (TPSA) is 58.6 Å². The van der Waals surface area contributed by atoms with Crippen LogP contribution in [0.4, 0.5) is 5.69 Å². The molecule has 0 fully saturated rings. The predicted octanol–water partition coefficient (Wildman–Crippen LogP) is 3.42. The third kappa shape index (κ3) is 2.90.